The Kier molecular flexibility index (Phi) is 7.81. The Morgan fingerprint density at radius 2 is 1.94 bits per heavy atom. The molecule has 2 aromatic rings. The van der Waals surface area contributed by atoms with Crippen LogP contribution in [0.25, 0.3) is 0 Å². The topological polar surface area (TPSA) is 76.6 Å². The third-order valence-corrected chi connectivity index (χ3v) is 6.84. The van der Waals surface area contributed by atoms with Crippen LogP contribution in [0.2, 0.25) is 0 Å². The van der Waals surface area contributed by atoms with Gasteiger partial charge in [0.25, 0.3) is 0 Å². The number of hydrogen-bond acceptors (Lipinski definition) is 7. The Bertz CT molecular complexity index is 951. The van der Waals surface area contributed by atoms with Gasteiger partial charge in [0, 0.05) is 37.9 Å². The number of hydrogen-bond donors (Lipinski definition) is 1. The van der Waals surface area contributed by atoms with Gasteiger partial charge in [-0.2, -0.15) is 4.98 Å². The van der Waals surface area contributed by atoms with E-state index in [4.69, 9.17) is 19.4 Å². The SMILES string of the molecule is CCCc1nc(N2CCC(c3cccc(C(=O)OC)c3)CC2)nc(NC2CCOCC2)c1C. The highest BCUT2D eigenvalue weighted by Gasteiger charge is 2.25. The van der Waals surface area contributed by atoms with Crippen LogP contribution in [-0.2, 0) is 15.9 Å². The van der Waals surface area contributed by atoms with E-state index < -0.39 is 0 Å². The van der Waals surface area contributed by atoms with Crippen molar-refractivity contribution >= 4 is 17.7 Å². The number of methoxy groups -OCH3 is 1. The van der Waals surface area contributed by atoms with Crippen molar-refractivity contribution in [3.05, 3.63) is 46.6 Å². The molecule has 33 heavy (non-hydrogen) atoms. The van der Waals surface area contributed by atoms with Crippen LogP contribution < -0.4 is 10.2 Å². The van der Waals surface area contributed by atoms with Gasteiger partial charge in [-0.05, 0) is 62.6 Å². The lowest BCUT2D eigenvalue weighted by Crippen LogP contribution is -2.35. The zero-order valence-electron chi connectivity index (χ0n) is 20.1. The van der Waals surface area contributed by atoms with Crippen LogP contribution in [-0.4, -0.2) is 55.4 Å². The Hall–Kier alpha value is -2.67. The van der Waals surface area contributed by atoms with Crippen LogP contribution in [0, 0.1) is 6.92 Å². The van der Waals surface area contributed by atoms with Crippen LogP contribution >= 0.6 is 0 Å². The molecule has 7 heteroatoms. The van der Waals surface area contributed by atoms with Gasteiger partial charge >= 0.3 is 5.97 Å². The molecule has 0 saturated carbocycles. The predicted octanol–water partition coefficient (Wildman–Crippen LogP) is 4.50. The van der Waals surface area contributed by atoms with Crippen molar-refractivity contribution in [1.82, 2.24) is 9.97 Å². The fourth-order valence-electron chi connectivity index (χ4n) is 4.80. The number of esters is 1. The van der Waals surface area contributed by atoms with E-state index in [9.17, 15) is 4.79 Å². The lowest BCUT2D eigenvalue weighted by Gasteiger charge is -2.33. The molecule has 1 aromatic carbocycles. The first-order valence-corrected chi connectivity index (χ1v) is 12.2. The molecular formula is C26H36N4O3. The number of carbonyl (C=O) groups excluding carboxylic acids is 1. The van der Waals surface area contributed by atoms with Crippen molar-refractivity contribution in [3.63, 3.8) is 0 Å². The monoisotopic (exact) mass is 452 g/mol. The van der Waals surface area contributed by atoms with Gasteiger partial charge in [0.15, 0.2) is 0 Å². The van der Waals surface area contributed by atoms with Gasteiger partial charge in [-0.25, -0.2) is 9.78 Å². The largest absolute Gasteiger partial charge is 0.465 e. The minimum Gasteiger partial charge on any atom is -0.465 e. The van der Waals surface area contributed by atoms with Gasteiger partial charge < -0.3 is 19.7 Å². The van der Waals surface area contributed by atoms with Crippen molar-refractivity contribution in [1.29, 1.82) is 0 Å². The minimum absolute atomic E-state index is 0.282. The van der Waals surface area contributed by atoms with E-state index in [1.807, 2.05) is 18.2 Å². The van der Waals surface area contributed by atoms with Gasteiger partial charge in [0.05, 0.1) is 18.4 Å². The maximum atomic E-state index is 11.9. The molecule has 4 rings (SSSR count). The summed E-state index contributed by atoms with van der Waals surface area (Å²) in [6.45, 7) is 7.75. The molecular weight excluding hydrogens is 416 g/mol. The molecule has 2 saturated heterocycles. The Morgan fingerprint density at radius 3 is 2.64 bits per heavy atom. The summed E-state index contributed by atoms with van der Waals surface area (Å²) >= 11 is 0. The standard InChI is InChI=1S/C26H36N4O3/c1-4-6-23-18(2)24(27-22-11-15-33-16-12-22)29-26(28-23)30-13-9-19(10-14-30)20-7-5-8-21(17-20)25(31)32-3/h5,7-8,17,19,22H,4,6,9-16H2,1-3H3,(H,27,28,29). The molecule has 0 radical (unpaired) electrons. The minimum atomic E-state index is -0.282. The smallest absolute Gasteiger partial charge is 0.337 e. The predicted molar refractivity (Wildman–Crippen MR) is 130 cm³/mol. The quantitative estimate of drug-likeness (QED) is 0.620. The fourth-order valence-corrected chi connectivity index (χ4v) is 4.80. The van der Waals surface area contributed by atoms with Crippen molar-refractivity contribution in [2.24, 2.45) is 0 Å². The first-order valence-electron chi connectivity index (χ1n) is 12.2. The lowest BCUT2D eigenvalue weighted by molar-refractivity contribution is 0.0600. The van der Waals surface area contributed by atoms with E-state index in [0.717, 1.165) is 82.3 Å². The van der Waals surface area contributed by atoms with E-state index >= 15 is 0 Å². The van der Waals surface area contributed by atoms with Crippen LogP contribution in [0.15, 0.2) is 24.3 Å². The molecule has 0 amide bonds. The molecule has 2 fully saturated rings. The molecule has 0 spiro atoms. The molecule has 0 bridgehead atoms. The summed E-state index contributed by atoms with van der Waals surface area (Å²) in [5, 5.41) is 3.68. The fraction of sp³-hybridized carbons (Fsp3) is 0.577. The normalized spacial score (nSPS) is 17.7. The highest BCUT2D eigenvalue weighted by atomic mass is 16.5. The number of aryl methyl sites for hydroxylation is 1. The summed E-state index contributed by atoms with van der Waals surface area (Å²) in [6, 6.07) is 8.26. The summed E-state index contributed by atoms with van der Waals surface area (Å²) in [5.41, 5.74) is 4.13. The molecule has 0 unspecified atom stereocenters. The highest BCUT2D eigenvalue weighted by molar-refractivity contribution is 5.89. The molecule has 7 nitrogen and oxygen atoms in total. The number of nitrogens with one attached hydrogen (secondary N) is 1. The van der Waals surface area contributed by atoms with Crippen LogP contribution in [0.1, 0.15) is 72.1 Å². The first-order chi connectivity index (χ1) is 16.1. The molecule has 2 aliphatic rings. The zero-order valence-corrected chi connectivity index (χ0v) is 20.1. The zero-order chi connectivity index (χ0) is 23.2. The molecule has 1 N–H and O–H groups in total. The first kappa shape index (κ1) is 23.5. The van der Waals surface area contributed by atoms with Crippen LogP contribution in [0.5, 0.6) is 0 Å². The maximum Gasteiger partial charge on any atom is 0.337 e. The van der Waals surface area contributed by atoms with Crippen LogP contribution in [0.4, 0.5) is 11.8 Å². The molecule has 2 aliphatic heterocycles. The Morgan fingerprint density at radius 1 is 1.18 bits per heavy atom. The number of aromatic nitrogens is 2. The number of carbonyl (C=O) groups is 1. The number of benzene rings is 1. The van der Waals surface area contributed by atoms with Gasteiger partial charge in [-0.15, -0.1) is 0 Å². The van der Waals surface area contributed by atoms with E-state index in [1.54, 1.807) is 0 Å². The van der Waals surface area contributed by atoms with Gasteiger partial charge in [0.1, 0.15) is 5.82 Å². The summed E-state index contributed by atoms with van der Waals surface area (Å²) in [6.07, 6.45) is 6.06. The number of anilines is 2. The number of piperidine rings is 1. The number of ether oxygens (including phenoxy) is 2. The van der Waals surface area contributed by atoms with Crippen LogP contribution in [0.3, 0.4) is 0 Å². The molecule has 178 valence electrons. The van der Waals surface area contributed by atoms with E-state index in [1.165, 1.54) is 18.2 Å². The highest BCUT2D eigenvalue weighted by Crippen LogP contribution is 2.31. The molecule has 0 atom stereocenters. The second-order valence-corrected chi connectivity index (χ2v) is 9.10. The van der Waals surface area contributed by atoms with Gasteiger partial charge in [-0.3, -0.25) is 0 Å². The maximum absolute atomic E-state index is 11.9. The molecule has 0 aliphatic carbocycles. The summed E-state index contributed by atoms with van der Waals surface area (Å²) < 4.78 is 10.4. The summed E-state index contributed by atoms with van der Waals surface area (Å²) in [5.74, 6) is 1.95. The Labute approximate surface area is 196 Å². The van der Waals surface area contributed by atoms with Gasteiger partial charge in [0.2, 0.25) is 5.95 Å². The van der Waals surface area contributed by atoms with E-state index in [-0.39, 0.29) is 5.97 Å². The lowest BCUT2D eigenvalue weighted by atomic mass is 9.88. The molecule has 3 heterocycles. The van der Waals surface area contributed by atoms with E-state index in [2.05, 4.69) is 30.1 Å². The average Bonchev–Trinajstić information content (AvgIpc) is 2.87. The molecule has 1 aromatic heterocycles. The van der Waals surface area contributed by atoms with Crippen molar-refractivity contribution in [2.45, 2.75) is 64.3 Å². The third kappa shape index (κ3) is 5.64. The number of rotatable bonds is 7. The summed E-state index contributed by atoms with van der Waals surface area (Å²) in [4.78, 5) is 24.2. The second kappa shape index (κ2) is 11.0. The van der Waals surface area contributed by atoms with Crippen molar-refractivity contribution < 1.29 is 14.3 Å². The summed E-state index contributed by atoms with van der Waals surface area (Å²) in [7, 11) is 1.42. The third-order valence-electron chi connectivity index (χ3n) is 6.84. The Balaban J connectivity index is 1.48. The van der Waals surface area contributed by atoms with E-state index in [0.29, 0.717) is 17.5 Å². The second-order valence-electron chi connectivity index (χ2n) is 9.10. The average molecular weight is 453 g/mol. The van der Waals surface area contributed by atoms with Gasteiger partial charge in [-0.1, -0.05) is 25.5 Å². The van der Waals surface area contributed by atoms with Crippen molar-refractivity contribution in [2.75, 3.05) is 43.6 Å². The number of nitrogens with zero attached hydrogens (tertiary/aromatic N) is 3. The van der Waals surface area contributed by atoms with Crippen molar-refractivity contribution in [3.8, 4) is 0 Å².